The first kappa shape index (κ1) is 22.6. The second-order valence-corrected chi connectivity index (χ2v) is 9.12. The molecule has 11 nitrogen and oxygen atoms in total. The minimum Gasteiger partial charge on any atom is -0.419 e. The highest BCUT2D eigenvalue weighted by Gasteiger charge is 2.26. The summed E-state index contributed by atoms with van der Waals surface area (Å²) in [5.41, 5.74) is 0.336. The van der Waals surface area contributed by atoms with Gasteiger partial charge in [0.2, 0.25) is 17.7 Å². The van der Waals surface area contributed by atoms with Crippen LogP contribution in [0, 0.1) is 0 Å². The summed E-state index contributed by atoms with van der Waals surface area (Å²) in [5, 5.41) is 12.5. The predicted molar refractivity (Wildman–Crippen MR) is 129 cm³/mol. The van der Waals surface area contributed by atoms with Crippen molar-refractivity contribution in [3.63, 3.8) is 0 Å². The van der Waals surface area contributed by atoms with E-state index in [1.165, 1.54) is 11.6 Å². The molecule has 5 rings (SSSR count). The molecule has 1 atom stereocenters. The molecular formula is C21H22Cl2N8O3. The van der Waals surface area contributed by atoms with Crippen molar-refractivity contribution in [1.29, 1.82) is 0 Å². The maximum Gasteiger partial charge on any atom is 0.332 e. The second kappa shape index (κ2) is 8.57. The van der Waals surface area contributed by atoms with Gasteiger partial charge in [-0.05, 0) is 25.1 Å². The number of rotatable bonds is 4. The molecule has 1 aliphatic rings. The molecule has 1 fully saturated rings. The number of anilines is 1. The standard InChI is InChI=1S/C21H22Cl2N8O3/c1-11-9-30(7-6-24-11)20-25-17-16(19(32)29(3)21(33)28(17)2)31(20)10-15-26-27-18(34-15)12-4-5-13(22)14(23)8-12/h4-5,8,11,24H,6-7,9-10H2,1-3H3/t11-/m1/s1. The summed E-state index contributed by atoms with van der Waals surface area (Å²) in [6, 6.07) is 5.27. The molecule has 178 valence electrons. The Balaban J connectivity index is 1.63. The molecule has 0 amide bonds. The summed E-state index contributed by atoms with van der Waals surface area (Å²) in [6.45, 7) is 4.33. The third kappa shape index (κ3) is 3.79. The first-order valence-electron chi connectivity index (χ1n) is 10.7. The van der Waals surface area contributed by atoms with Crippen LogP contribution in [0.1, 0.15) is 12.8 Å². The van der Waals surface area contributed by atoms with Gasteiger partial charge in [0, 0.05) is 45.3 Å². The van der Waals surface area contributed by atoms with Gasteiger partial charge in [-0.2, -0.15) is 4.98 Å². The van der Waals surface area contributed by atoms with Gasteiger partial charge in [0.1, 0.15) is 6.54 Å². The van der Waals surface area contributed by atoms with Crippen LogP contribution < -0.4 is 21.5 Å². The maximum atomic E-state index is 13.1. The van der Waals surface area contributed by atoms with E-state index < -0.39 is 11.2 Å². The van der Waals surface area contributed by atoms with E-state index in [0.717, 1.165) is 11.1 Å². The predicted octanol–water partition coefficient (Wildman–Crippen LogP) is 1.64. The van der Waals surface area contributed by atoms with Gasteiger partial charge in [-0.25, -0.2) is 4.79 Å². The Morgan fingerprint density at radius 1 is 1.15 bits per heavy atom. The van der Waals surface area contributed by atoms with Crippen LogP contribution in [-0.2, 0) is 20.6 Å². The van der Waals surface area contributed by atoms with Crippen LogP contribution in [0.5, 0.6) is 0 Å². The highest BCUT2D eigenvalue weighted by atomic mass is 35.5. The zero-order chi connectivity index (χ0) is 24.1. The molecule has 0 spiro atoms. The fraction of sp³-hybridized carbons (Fsp3) is 0.381. The molecule has 0 aliphatic carbocycles. The van der Waals surface area contributed by atoms with Gasteiger partial charge in [-0.3, -0.25) is 18.5 Å². The summed E-state index contributed by atoms with van der Waals surface area (Å²) in [4.78, 5) is 32.4. The van der Waals surface area contributed by atoms with Crippen LogP contribution >= 0.6 is 23.2 Å². The molecule has 4 aromatic rings. The van der Waals surface area contributed by atoms with Crippen LogP contribution in [0.3, 0.4) is 0 Å². The summed E-state index contributed by atoms with van der Waals surface area (Å²) in [5.74, 6) is 1.12. The normalized spacial score (nSPS) is 16.5. The van der Waals surface area contributed by atoms with E-state index in [0.29, 0.717) is 45.8 Å². The Kier molecular flexibility index (Phi) is 5.70. The van der Waals surface area contributed by atoms with Crippen LogP contribution in [-0.4, -0.2) is 54.6 Å². The topological polar surface area (TPSA) is 116 Å². The van der Waals surface area contributed by atoms with Crippen molar-refractivity contribution in [2.24, 2.45) is 14.1 Å². The Labute approximate surface area is 203 Å². The summed E-state index contributed by atoms with van der Waals surface area (Å²) >= 11 is 12.1. The van der Waals surface area contributed by atoms with Crippen molar-refractivity contribution in [2.75, 3.05) is 24.5 Å². The van der Waals surface area contributed by atoms with Crippen LogP contribution in [0.2, 0.25) is 10.0 Å². The van der Waals surface area contributed by atoms with Gasteiger partial charge in [0.15, 0.2) is 11.2 Å². The number of fused-ring (bicyclic) bond motifs is 1. The largest absolute Gasteiger partial charge is 0.419 e. The van der Waals surface area contributed by atoms with E-state index in [-0.39, 0.29) is 24.4 Å². The molecule has 1 saturated heterocycles. The highest BCUT2D eigenvalue weighted by Crippen LogP contribution is 2.28. The lowest BCUT2D eigenvalue weighted by molar-refractivity contribution is 0.465. The van der Waals surface area contributed by atoms with Crippen LogP contribution in [0.4, 0.5) is 5.95 Å². The third-order valence-electron chi connectivity index (χ3n) is 5.91. The average Bonchev–Trinajstić information content (AvgIpc) is 3.44. The number of benzene rings is 1. The van der Waals surface area contributed by atoms with Gasteiger partial charge in [-0.1, -0.05) is 23.2 Å². The van der Waals surface area contributed by atoms with Crippen molar-refractivity contribution in [3.8, 4) is 11.5 Å². The van der Waals surface area contributed by atoms with Crippen molar-refractivity contribution >= 4 is 40.3 Å². The zero-order valence-corrected chi connectivity index (χ0v) is 20.3. The van der Waals surface area contributed by atoms with Crippen LogP contribution in [0.15, 0.2) is 32.2 Å². The number of nitrogens with one attached hydrogen (secondary N) is 1. The van der Waals surface area contributed by atoms with Gasteiger partial charge in [-0.15, -0.1) is 10.2 Å². The average molecular weight is 505 g/mol. The SMILES string of the molecule is C[C@@H]1CN(c2nc3c(c(=O)n(C)c(=O)n3C)n2Cc2nnc(-c3ccc(Cl)c(Cl)c3)o2)CCN1. The van der Waals surface area contributed by atoms with E-state index in [9.17, 15) is 9.59 Å². The number of hydrogen-bond acceptors (Lipinski definition) is 8. The first-order chi connectivity index (χ1) is 16.2. The van der Waals surface area contributed by atoms with Crippen molar-refractivity contribution in [2.45, 2.75) is 19.5 Å². The van der Waals surface area contributed by atoms with E-state index >= 15 is 0 Å². The minimum atomic E-state index is -0.443. The number of nitrogens with zero attached hydrogens (tertiary/aromatic N) is 7. The van der Waals surface area contributed by atoms with E-state index in [4.69, 9.17) is 32.6 Å². The lowest BCUT2D eigenvalue weighted by Gasteiger charge is -2.32. The number of aryl methyl sites for hydroxylation is 1. The number of imidazole rings is 1. The molecule has 0 unspecified atom stereocenters. The van der Waals surface area contributed by atoms with Crippen molar-refractivity contribution in [3.05, 3.63) is 55.0 Å². The van der Waals surface area contributed by atoms with E-state index in [1.54, 1.807) is 29.8 Å². The monoisotopic (exact) mass is 504 g/mol. The Morgan fingerprint density at radius 2 is 1.94 bits per heavy atom. The lowest BCUT2D eigenvalue weighted by atomic mass is 10.2. The first-order valence-corrected chi connectivity index (χ1v) is 11.4. The molecule has 0 saturated carbocycles. The molecule has 1 N–H and O–H groups in total. The van der Waals surface area contributed by atoms with Crippen molar-refractivity contribution < 1.29 is 4.42 Å². The summed E-state index contributed by atoms with van der Waals surface area (Å²) in [7, 11) is 3.05. The quantitative estimate of drug-likeness (QED) is 0.445. The van der Waals surface area contributed by atoms with Crippen molar-refractivity contribution in [1.82, 2.24) is 34.2 Å². The van der Waals surface area contributed by atoms with Crippen LogP contribution in [0.25, 0.3) is 22.6 Å². The molecule has 4 heterocycles. The van der Waals surface area contributed by atoms with Gasteiger partial charge >= 0.3 is 5.69 Å². The molecular weight excluding hydrogens is 483 g/mol. The zero-order valence-electron chi connectivity index (χ0n) is 18.7. The summed E-state index contributed by atoms with van der Waals surface area (Å²) in [6.07, 6.45) is 0. The molecule has 13 heteroatoms. The maximum absolute atomic E-state index is 13.1. The van der Waals surface area contributed by atoms with E-state index in [1.807, 2.05) is 0 Å². The molecule has 1 aromatic carbocycles. The van der Waals surface area contributed by atoms with Gasteiger partial charge < -0.3 is 14.6 Å². The Hall–Kier alpha value is -3.15. The molecule has 34 heavy (non-hydrogen) atoms. The lowest BCUT2D eigenvalue weighted by Crippen LogP contribution is -2.50. The molecule has 0 radical (unpaired) electrons. The number of aromatic nitrogens is 6. The molecule has 3 aromatic heterocycles. The number of halogens is 2. The fourth-order valence-electron chi connectivity index (χ4n) is 4.14. The minimum absolute atomic E-state index is 0.103. The molecule has 1 aliphatic heterocycles. The number of piperazine rings is 1. The van der Waals surface area contributed by atoms with Gasteiger partial charge in [0.05, 0.1) is 10.0 Å². The Bertz CT molecular complexity index is 1520. The molecule has 0 bridgehead atoms. The summed E-state index contributed by atoms with van der Waals surface area (Å²) < 4.78 is 10.1. The van der Waals surface area contributed by atoms with E-state index in [2.05, 4.69) is 27.3 Å². The number of hydrogen-bond donors (Lipinski definition) is 1. The Morgan fingerprint density at radius 3 is 2.68 bits per heavy atom. The second-order valence-electron chi connectivity index (χ2n) is 8.31. The smallest absolute Gasteiger partial charge is 0.332 e. The highest BCUT2D eigenvalue weighted by molar-refractivity contribution is 6.42. The fourth-order valence-corrected chi connectivity index (χ4v) is 4.44. The van der Waals surface area contributed by atoms with Gasteiger partial charge in [0.25, 0.3) is 5.56 Å². The third-order valence-corrected chi connectivity index (χ3v) is 6.65.